The number of benzene rings is 1. The van der Waals surface area contributed by atoms with E-state index in [4.69, 9.17) is 4.74 Å². The number of hydrogen-bond donors (Lipinski definition) is 1. The molecular formula is C11H14FNO. The predicted molar refractivity (Wildman–Crippen MR) is 52.6 cm³/mol. The molecule has 2 unspecified atom stereocenters. The molecule has 0 amide bonds. The summed E-state index contributed by atoms with van der Waals surface area (Å²) >= 11 is 0. The molecule has 2 atom stereocenters. The topological polar surface area (TPSA) is 21.3 Å². The van der Waals surface area contributed by atoms with Gasteiger partial charge in [0, 0.05) is 13.1 Å². The summed E-state index contributed by atoms with van der Waals surface area (Å²) in [5.41, 5.74) is 0.907. The van der Waals surface area contributed by atoms with Gasteiger partial charge in [-0.15, -0.1) is 0 Å². The summed E-state index contributed by atoms with van der Waals surface area (Å²) in [4.78, 5) is 0. The molecule has 14 heavy (non-hydrogen) atoms. The van der Waals surface area contributed by atoms with E-state index in [1.165, 1.54) is 12.1 Å². The molecule has 0 aliphatic carbocycles. The monoisotopic (exact) mass is 195 g/mol. The Bertz CT molecular complexity index is 316. The van der Waals surface area contributed by atoms with Gasteiger partial charge in [0.2, 0.25) is 0 Å². The highest BCUT2D eigenvalue weighted by Gasteiger charge is 2.20. The molecule has 1 heterocycles. The van der Waals surface area contributed by atoms with Gasteiger partial charge in [-0.2, -0.15) is 0 Å². The second kappa shape index (κ2) is 4.07. The first-order valence-corrected chi connectivity index (χ1v) is 4.87. The van der Waals surface area contributed by atoms with E-state index in [2.05, 4.69) is 5.32 Å². The molecule has 76 valence electrons. The fourth-order valence-electron chi connectivity index (χ4n) is 1.70. The van der Waals surface area contributed by atoms with Crippen LogP contribution >= 0.6 is 0 Å². The third-order valence-corrected chi connectivity index (χ3v) is 2.38. The number of halogens is 1. The van der Waals surface area contributed by atoms with Crippen molar-refractivity contribution < 1.29 is 9.13 Å². The lowest BCUT2D eigenvalue weighted by molar-refractivity contribution is -0.0288. The Kier molecular flexibility index (Phi) is 2.79. The first-order valence-electron chi connectivity index (χ1n) is 4.87. The van der Waals surface area contributed by atoms with Crippen molar-refractivity contribution >= 4 is 0 Å². The van der Waals surface area contributed by atoms with Gasteiger partial charge in [0.1, 0.15) is 5.82 Å². The van der Waals surface area contributed by atoms with Crippen LogP contribution in [0.4, 0.5) is 4.39 Å². The first kappa shape index (κ1) is 9.62. The number of morpholine rings is 1. The summed E-state index contributed by atoms with van der Waals surface area (Å²) in [5.74, 6) is -0.204. The molecular weight excluding hydrogens is 181 g/mol. The zero-order valence-electron chi connectivity index (χ0n) is 8.16. The van der Waals surface area contributed by atoms with E-state index in [-0.39, 0.29) is 18.0 Å². The van der Waals surface area contributed by atoms with Crippen LogP contribution in [-0.4, -0.2) is 19.2 Å². The Morgan fingerprint density at radius 2 is 2.29 bits per heavy atom. The van der Waals surface area contributed by atoms with Crippen molar-refractivity contribution in [2.75, 3.05) is 13.1 Å². The van der Waals surface area contributed by atoms with Gasteiger partial charge in [-0.3, -0.25) is 0 Å². The summed E-state index contributed by atoms with van der Waals surface area (Å²) in [6, 6.07) is 6.59. The van der Waals surface area contributed by atoms with Crippen LogP contribution in [0, 0.1) is 5.82 Å². The maximum absolute atomic E-state index is 12.9. The van der Waals surface area contributed by atoms with Crippen molar-refractivity contribution in [3.63, 3.8) is 0 Å². The van der Waals surface area contributed by atoms with E-state index < -0.39 is 0 Å². The zero-order chi connectivity index (χ0) is 9.97. The van der Waals surface area contributed by atoms with Crippen molar-refractivity contribution in [3.8, 4) is 0 Å². The van der Waals surface area contributed by atoms with Crippen molar-refractivity contribution in [1.29, 1.82) is 0 Å². The molecule has 1 saturated heterocycles. The zero-order valence-corrected chi connectivity index (χ0v) is 8.16. The summed E-state index contributed by atoms with van der Waals surface area (Å²) in [7, 11) is 0. The summed E-state index contributed by atoms with van der Waals surface area (Å²) in [5, 5.41) is 3.26. The molecule has 1 aromatic rings. The van der Waals surface area contributed by atoms with E-state index in [1.807, 2.05) is 13.0 Å². The quantitative estimate of drug-likeness (QED) is 0.738. The van der Waals surface area contributed by atoms with Crippen molar-refractivity contribution in [2.45, 2.75) is 19.1 Å². The van der Waals surface area contributed by atoms with Crippen LogP contribution in [0.3, 0.4) is 0 Å². The van der Waals surface area contributed by atoms with Gasteiger partial charge < -0.3 is 10.1 Å². The standard InChI is InChI=1S/C11H14FNO/c1-8-6-13-7-11(14-8)9-3-2-4-10(12)5-9/h2-5,8,11,13H,6-7H2,1H3. The smallest absolute Gasteiger partial charge is 0.123 e. The second-order valence-corrected chi connectivity index (χ2v) is 3.65. The van der Waals surface area contributed by atoms with Gasteiger partial charge in [-0.1, -0.05) is 12.1 Å². The van der Waals surface area contributed by atoms with Crippen LogP contribution in [0.5, 0.6) is 0 Å². The van der Waals surface area contributed by atoms with Crippen molar-refractivity contribution in [2.24, 2.45) is 0 Å². The van der Waals surface area contributed by atoms with Gasteiger partial charge in [-0.25, -0.2) is 4.39 Å². The fraction of sp³-hybridized carbons (Fsp3) is 0.455. The Balaban J connectivity index is 2.14. The van der Waals surface area contributed by atoms with Crippen molar-refractivity contribution in [1.82, 2.24) is 5.32 Å². The van der Waals surface area contributed by atoms with Crippen LogP contribution in [-0.2, 0) is 4.74 Å². The molecule has 2 rings (SSSR count). The average molecular weight is 195 g/mol. The van der Waals surface area contributed by atoms with Crippen LogP contribution in [0.1, 0.15) is 18.6 Å². The lowest BCUT2D eigenvalue weighted by atomic mass is 10.1. The van der Waals surface area contributed by atoms with E-state index in [0.29, 0.717) is 0 Å². The minimum atomic E-state index is -0.204. The molecule has 0 spiro atoms. The number of hydrogen-bond acceptors (Lipinski definition) is 2. The molecule has 1 aromatic carbocycles. The number of ether oxygens (including phenoxy) is 1. The molecule has 1 fully saturated rings. The summed E-state index contributed by atoms with van der Waals surface area (Å²) in [6.07, 6.45) is 0.173. The van der Waals surface area contributed by atoms with Crippen LogP contribution in [0.15, 0.2) is 24.3 Å². The third-order valence-electron chi connectivity index (χ3n) is 2.38. The van der Waals surface area contributed by atoms with Gasteiger partial charge in [-0.05, 0) is 24.6 Å². The molecule has 0 aromatic heterocycles. The highest BCUT2D eigenvalue weighted by Crippen LogP contribution is 2.21. The van der Waals surface area contributed by atoms with E-state index in [1.54, 1.807) is 6.07 Å². The molecule has 1 N–H and O–H groups in total. The SMILES string of the molecule is CC1CNCC(c2cccc(F)c2)O1. The van der Waals surface area contributed by atoms with Gasteiger partial charge in [0.25, 0.3) is 0 Å². The molecule has 1 aliphatic rings. The highest BCUT2D eigenvalue weighted by atomic mass is 19.1. The van der Waals surface area contributed by atoms with E-state index >= 15 is 0 Å². The van der Waals surface area contributed by atoms with Gasteiger partial charge >= 0.3 is 0 Å². The second-order valence-electron chi connectivity index (χ2n) is 3.65. The summed E-state index contributed by atoms with van der Waals surface area (Å²) in [6.45, 7) is 3.64. The first-order chi connectivity index (χ1) is 6.75. The summed E-state index contributed by atoms with van der Waals surface area (Å²) < 4.78 is 18.6. The van der Waals surface area contributed by atoms with Crippen molar-refractivity contribution in [3.05, 3.63) is 35.6 Å². The molecule has 0 saturated carbocycles. The molecule has 3 heteroatoms. The van der Waals surface area contributed by atoms with Crippen LogP contribution < -0.4 is 5.32 Å². The number of nitrogens with one attached hydrogen (secondary N) is 1. The molecule has 1 aliphatic heterocycles. The lowest BCUT2D eigenvalue weighted by Gasteiger charge is -2.29. The Hall–Kier alpha value is -0.930. The maximum atomic E-state index is 12.9. The third kappa shape index (κ3) is 2.11. The van der Waals surface area contributed by atoms with E-state index in [9.17, 15) is 4.39 Å². The van der Waals surface area contributed by atoms with Crippen LogP contribution in [0.25, 0.3) is 0 Å². The van der Waals surface area contributed by atoms with Gasteiger partial charge in [0.15, 0.2) is 0 Å². The normalized spacial score (nSPS) is 27.6. The minimum Gasteiger partial charge on any atom is -0.368 e. The average Bonchev–Trinajstić information content (AvgIpc) is 2.18. The lowest BCUT2D eigenvalue weighted by Crippen LogP contribution is -2.38. The van der Waals surface area contributed by atoms with Gasteiger partial charge in [0.05, 0.1) is 12.2 Å². The Morgan fingerprint density at radius 3 is 3.00 bits per heavy atom. The molecule has 0 radical (unpaired) electrons. The fourth-order valence-corrected chi connectivity index (χ4v) is 1.70. The number of rotatable bonds is 1. The Labute approximate surface area is 83.1 Å². The Morgan fingerprint density at radius 1 is 1.43 bits per heavy atom. The maximum Gasteiger partial charge on any atom is 0.123 e. The highest BCUT2D eigenvalue weighted by molar-refractivity contribution is 5.19. The minimum absolute atomic E-state index is 0.0190. The molecule has 0 bridgehead atoms. The van der Waals surface area contributed by atoms with Crippen LogP contribution in [0.2, 0.25) is 0 Å². The largest absolute Gasteiger partial charge is 0.368 e. The predicted octanol–water partition coefficient (Wildman–Crippen LogP) is 1.88. The molecule has 2 nitrogen and oxygen atoms in total. The van der Waals surface area contributed by atoms with E-state index in [0.717, 1.165) is 18.7 Å².